The number of thioether (sulfide) groups is 1. The Hall–Kier alpha value is -3.04. The molecule has 8 nitrogen and oxygen atoms in total. The van der Waals surface area contributed by atoms with Crippen LogP contribution in [0.4, 0.5) is 16.4 Å². The van der Waals surface area contributed by atoms with Gasteiger partial charge in [-0.15, -0.1) is 0 Å². The van der Waals surface area contributed by atoms with Gasteiger partial charge in [-0.2, -0.15) is 0 Å². The minimum absolute atomic E-state index is 0.229. The molecule has 0 radical (unpaired) electrons. The highest BCUT2D eigenvalue weighted by molar-refractivity contribution is 8.18. The van der Waals surface area contributed by atoms with E-state index in [4.69, 9.17) is 9.15 Å². The fourth-order valence-electron chi connectivity index (χ4n) is 3.30. The summed E-state index contributed by atoms with van der Waals surface area (Å²) < 4.78 is 11.1. The van der Waals surface area contributed by atoms with Crippen molar-refractivity contribution in [1.29, 1.82) is 0 Å². The van der Waals surface area contributed by atoms with Gasteiger partial charge < -0.3 is 19.4 Å². The summed E-state index contributed by atoms with van der Waals surface area (Å²) in [6, 6.07) is 9.13. The Morgan fingerprint density at radius 2 is 1.90 bits per heavy atom. The van der Waals surface area contributed by atoms with Crippen molar-refractivity contribution >= 4 is 46.5 Å². The predicted molar refractivity (Wildman–Crippen MR) is 119 cm³/mol. The molecule has 2 fully saturated rings. The number of rotatable bonds is 5. The Labute approximate surface area is 184 Å². The number of nitrogens with one attached hydrogen (secondary N) is 1. The van der Waals surface area contributed by atoms with Crippen molar-refractivity contribution in [3.63, 3.8) is 0 Å². The normalized spacial score (nSPS) is 18.2. The summed E-state index contributed by atoms with van der Waals surface area (Å²) in [5, 5.41) is 2.25. The third kappa shape index (κ3) is 4.83. The maximum atomic E-state index is 12.7. The molecule has 2 aliphatic rings. The lowest BCUT2D eigenvalue weighted by Crippen LogP contribution is -2.36. The molecule has 2 saturated heterocycles. The number of aryl methyl sites for hydroxylation is 2. The Morgan fingerprint density at radius 3 is 2.65 bits per heavy atom. The fraction of sp³-hybridized carbons (Fsp3) is 0.318. The van der Waals surface area contributed by atoms with Crippen molar-refractivity contribution in [1.82, 2.24) is 4.90 Å². The number of hydrogen-bond acceptors (Lipinski definition) is 7. The van der Waals surface area contributed by atoms with Gasteiger partial charge in [-0.1, -0.05) is 6.07 Å². The summed E-state index contributed by atoms with van der Waals surface area (Å²) in [5.41, 5.74) is 2.78. The Kier molecular flexibility index (Phi) is 6.15. The Morgan fingerprint density at radius 1 is 1.13 bits per heavy atom. The van der Waals surface area contributed by atoms with Crippen molar-refractivity contribution in [2.24, 2.45) is 0 Å². The predicted octanol–water partition coefficient (Wildman–Crippen LogP) is 3.41. The zero-order valence-corrected chi connectivity index (χ0v) is 18.2. The molecule has 9 heteroatoms. The highest BCUT2D eigenvalue weighted by Crippen LogP contribution is 2.33. The van der Waals surface area contributed by atoms with Crippen LogP contribution in [0.15, 0.2) is 39.7 Å². The maximum absolute atomic E-state index is 12.7. The molecule has 0 spiro atoms. The number of imide groups is 1. The van der Waals surface area contributed by atoms with Crippen molar-refractivity contribution in [2.45, 2.75) is 13.8 Å². The number of benzene rings is 1. The molecular weight excluding hydrogens is 418 g/mol. The standard InChI is InChI=1S/C22H23N3O5S/c1-14-3-4-16(11-15(14)2)23-19(26)13-25-21(27)18(31-22(25)28)12-17-5-6-20(30-17)24-7-9-29-10-8-24/h3-6,11-12H,7-10,13H2,1-2H3,(H,23,26). The molecule has 1 aromatic heterocycles. The summed E-state index contributed by atoms with van der Waals surface area (Å²) in [4.78, 5) is 40.6. The number of morpholine rings is 1. The lowest BCUT2D eigenvalue weighted by Gasteiger charge is -2.26. The van der Waals surface area contributed by atoms with Gasteiger partial charge in [-0.3, -0.25) is 19.3 Å². The number of ether oxygens (including phenoxy) is 1. The highest BCUT2D eigenvalue weighted by Gasteiger charge is 2.36. The molecule has 1 N–H and O–H groups in total. The van der Waals surface area contributed by atoms with Gasteiger partial charge in [0.05, 0.1) is 18.1 Å². The van der Waals surface area contributed by atoms with E-state index in [1.807, 2.05) is 32.0 Å². The smallest absolute Gasteiger partial charge is 0.294 e. The van der Waals surface area contributed by atoms with Gasteiger partial charge in [0.1, 0.15) is 12.3 Å². The van der Waals surface area contributed by atoms with Crippen molar-refractivity contribution < 1.29 is 23.5 Å². The first-order valence-electron chi connectivity index (χ1n) is 9.96. The molecular formula is C22H23N3O5S. The zero-order chi connectivity index (χ0) is 22.0. The zero-order valence-electron chi connectivity index (χ0n) is 17.3. The average Bonchev–Trinajstić information content (AvgIpc) is 3.32. The van der Waals surface area contributed by atoms with E-state index < -0.39 is 17.1 Å². The summed E-state index contributed by atoms with van der Waals surface area (Å²) in [5.74, 6) is 0.238. The average molecular weight is 442 g/mol. The molecule has 2 aliphatic heterocycles. The van der Waals surface area contributed by atoms with Gasteiger partial charge in [0.2, 0.25) is 5.91 Å². The molecule has 0 atom stereocenters. The number of carbonyl (C=O) groups is 3. The van der Waals surface area contributed by atoms with Crippen LogP contribution in [0.3, 0.4) is 0 Å². The van der Waals surface area contributed by atoms with Gasteiger partial charge >= 0.3 is 0 Å². The van der Waals surface area contributed by atoms with Crippen LogP contribution in [0.5, 0.6) is 0 Å². The Bertz CT molecular complexity index is 1060. The first-order chi connectivity index (χ1) is 14.9. The van der Waals surface area contributed by atoms with Crippen LogP contribution in [0.1, 0.15) is 16.9 Å². The summed E-state index contributed by atoms with van der Waals surface area (Å²) >= 11 is 0.799. The van der Waals surface area contributed by atoms with Gasteiger partial charge in [0.25, 0.3) is 11.1 Å². The fourth-order valence-corrected chi connectivity index (χ4v) is 4.12. The number of amides is 3. The molecule has 0 unspecified atom stereocenters. The van der Waals surface area contributed by atoms with Crippen molar-refractivity contribution in [3.8, 4) is 0 Å². The number of nitrogens with zero attached hydrogens (tertiary/aromatic N) is 2. The van der Waals surface area contributed by atoms with Crippen LogP contribution >= 0.6 is 11.8 Å². The molecule has 0 aliphatic carbocycles. The number of carbonyl (C=O) groups excluding carboxylic acids is 3. The van der Waals surface area contributed by atoms with Crippen molar-refractivity contribution in [2.75, 3.05) is 43.1 Å². The number of hydrogen-bond donors (Lipinski definition) is 1. The van der Waals surface area contributed by atoms with Crippen LogP contribution in [-0.2, 0) is 14.3 Å². The van der Waals surface area contributed by atoms with Gasteiger partial charge in [0.15, 0.2) is 5.88 Å². The van der Waals surface area contributed by atoms with Crippen LogP contribution in [0.2, 0.25) is 0 Å². The molecule has 0 bridgehead atoms. The minimum Gasteiger partial charge on any atom is -0.441 e. The van der Waals surface area contributed by atoms with Crippen LogP contribution < -0.4 is 10.2 Å². The SMILES string of the molecule is Cc1ccc(NC(=O)CN2C(=O)SC(=Cc3ccc(N4CCOCC4)o3)C2=O)cc1C. The van der Waals surface area contributed by atoms with Crippen LogP contribution in [0.25, 0.3) is 6.08 Å². The van der Waals surface area contributed by atoms with Gasteiger partial charge in [-0.05, 0) is 54.9 Å². The molecule has 4 rings (SSSR count). The second-order valence-corrected chi connectivity index (χ2v) is 8.38. The topological polar surface area (TPSA) is 92.1 Å². The third-order valence-electron chi connectivity index (χ3n) is 5.17. The van der Waals surface area contributed by atoms with E-state index in [0.29, 0.717) is 30.5 Å². The van der Waals surface area contributed by atoms with E-state index in [0.717, 1.165) is 40.9 Å². The summed E-state index contributed by atoms with van der Waals surface area (Å²) in [7, 11) is 0. The quantitative estimate of drug-likeness (QED) is 0.711. The second kappa shape index (κ2) is 8.99. The van der Waals surface area contributed by atoms with Crippen molar-refractivity contribution in [3.05, 3.63) is 52.1 Å². The van der Waals surface area contributed by atoms with E-state index in [1.54, 1.807) is 12.1 Å². The molecule has 162 valence electrons. The van der Waals surface area contributed by atoms with Crippen LogP contribution in [-0.4, -0.2) is 54.8 Å². The molecule has 0 saturated carbocycles. The van der Waals surface area contributed by atoms with E-state index in [2.05, 4.69) is 10.2 Å². The first-order valence-corrected chi connectivity index (χ1v) is 10.8. The summed E-state index contributed by atoms with van der Waals surface area (Å²) in [6.07, 6.45) is 1.54. The monoisotopic (exact) mass is 441 g/mol. The molecule has 3 heterocycles. The van der Waals surface area contributed by atoms with Gasteiger partial charge in [0, 0.05) is 30.9 Å². The largest absolute Gasteiger partial charge is 0.441 e. The second-order valence-electron chi connectivity index (χ2n) is 7.39. The summed E-state index contributed by atoms with van der Waals surface area (Å²) in [6.45, 7) is 6.34. The van der Waals surface area contributed by atoms with Gasteiger partial charge in [-0.25, -0.2) is 0 Å². The van der Waals surface area contributed by atoms with E-state index in [9.17, 15) is 14.4 Å². The number of furan rings is 1. The third-order valence-corrected chi connectivity index (χ3v) is 6.08. The lowest BCUT2D eigenvalue weighted by molar-refractivity contribution is -0.127. The van der Waals surface area contributed by atoms with E-state index >= 15 is 0 Å². The first kappa shape index (κ1) is 21.2. The molecule has 31 heavy (non-hydrogen) atoms. The van der Waals surface area contributed by atoms with Crippen LogP contribution in [0, 0.1) is 13.8 Å². The molecule has 3 amide bonds. The minimum atomic E-state index is -0.505. The Balaban J connectivity index is 1.40. The maximum Gasteiger partial charge on any atom is 0.294 e. The molecule has 2 aromatic rings. The lowest BCUT2D eigenvalue weighted by atomic mass is 10.1. The number of anilines is 2. The molecule has 1 aromatic carbocycles. The van der Waals surface area contributed by atoms with E-state index in [-0.39, 0.29) is 11.4 Å². The highest BCUT2D eigenvalue weighted by atomic mass is 32.2. The van der Waals surface area contributed by atoms with E-state index in [1.165, 1.54) is 6.08 Å².